The van der Waals surface area contributed by atoms with E-state index >= 15 is 0 Å². The summed E-state index contributed by atoms with van der Waals surface area (Å²) in [5, 5.41) is 11.8. The van der Waals surface area contributed by atoms with E-state index in [0.29, 0.717) is 37.9 Å². The smallest absolute Gasteiger partial charge is 0.279 e. The maximum Gasteiger partial charge on any atom is 0.279 e. The molecule has 38 heavy (non-hydrogen) atoms. The minimum absolute atomic E-state index is 0.115. The number of carbonyl (C=O) groups excluding carboxylic acids is 1. The molecule has 1 amide bonds. The van der Waals surface area contributed by atoms with E-state index in [1.807, 2.05) is 42.5 Å². The number of nitriles is 1. The molecule has 0 bridgehead atoms. The third kappa shape index (κ3) is 6.07. The number of amides is 1. The van der Waals surface area contributed by atoms with Crippen LogP contribution in [0.1, 0.15) is 36.8 Å². The number of hydrogen-bond donors (Lipinski definition) is 2. The van der Waals surface area contributed by atoms with Crippen LogP contribution in [0.5, 0.6) is 0 Å². The second-order valence-corrected chi connectivity index (χ2v) is 11.2. The summed E-state index contributed by atoms with van der Waals surface area (Å²) >= 11 is 0. The predicted octanol–water partition coefficient (Wildman–Crippen LogP) is 4.72. The van der Waals surface area contributed by atoms with Gasteiger partial charge in [0.25, 0.3) is 10.2 Å². The molecule has 3 aromatic rings. The molecule has 198 valence electrons. The van der Waals surface area contributed by atoms with E-state index in [1.165, 1.54) is 17.4 Å². The zero-order valence-electron chi connectivity index (χ0n) is 20.9. The number of carbonyl (C=O) groups is 1. The van der Waals surface area contributed by atoms with Crippen molar-refractivity contribution in [3.8, 4) is 17.2 Å². The second kappa shape index (κ2) is 11.4. The van der Waals surface area contributed by atoms with Crippen molar-refractivity contribution in [2.75, 3.05) is 25.5 Å². The number of halogens is 2. The van der Waals surface area contributed by atoms with Gasteiger partial charge in [0.1, 0.15) is 0 Å². The van der Waals surface area contributed by atoms with Gasteiger partial charge in [0.15, 0.2) is 11.6 Å². The summed E-state index contributed by atoms with van der Waals surface area (Å²) in [6.45, 7) is 0.583. The number of benzene rings is 3. The predicted molar refractivity (Wildman–Crippen MR) is 141 cm³/mol. The normalized spacial score (nSPS) is 15.5. The lowest BCUT2D eigenvalue weighted by atomic mass is 9.70. The number of rotatable bonds is 8. The number of piperidine rings is 1. The average Bonchev–Trinajstić information content (AvgIpc) is 2.94. The Morgan fingerprint density at radius 1 is 1.00 bits per heavy atom. The fourth-order valence-corrected chi connectivity index (χ4v) is 5.82. The van der Waals surface area contributed by atoms with Crippen molar-refractivity contribution in [1.29, 1.82) is 5.26 Å². The molecule has 1 heterocycles. The topological polar surface area (TPSA) is 102 Å². The van der Waals surface area contributed by atoms with Crippen molar-refractivity contribution in [2.24, 2.45) is 0 Å². The van der Waals surface area contributed by atoms with E-state index in [0.717, 1.165) is 28.8 Å². The molecule has 0 unspecified atom stereocenters. The standard InChI is InChI=1S/C28H28F2N4O3S/c1-32-38(36,37)34-15-13-28(14-16-34,12-11-27(35)33-24-9-10-25(29)26(30)18-24)23-7-5-21(6-8-23)22-4-2-3-20(17-22)19-31/h2-10,17-18,32H,11-16H2,1H3,(H,33,35). The lowest BCUT2D eigenvalue weighted by Crippen LogP contribution is -2.48. The van der Waals surface area contributed by atoms with Crippen LogP contribution in [0, 0.1) is 23.0 Å². The fourth-order valence-electron chi connectivity index (χ4n) is 4.90. The zero-order chi connectivity index (χ0) is 27.3. The van der Waals surface area contributed by atoms with Crippen molar-refractivity contribution in [1.82, 2.24) is 9.03 Å². The quantitative estimate of drug-likeness (QED) is 0.433. The van der Waals surface area contributed by atoms with E-state index in [2.05, 4.69) is 16.1 Å². The Bertz CT molecular complexity index is 1460. The lowest BCUT2D eigenvalue weighted by Gasteiger charge is -2.41. The van der Waals surface area contributed by atoms with Crippen molar-refractivity contribution in [2.45, 2.75) is 31.1 Å². The molecular formula is C28H28F2N4O3S. The van der Waals surface area contributed by atoms with Crippen molar-refractivity contribution in [3.05, 3.63) is 89.5 Å². The van der Waals surface area contributed by atoms with Crippen LogP contribution in [0.2, 0.25) is 0 Å². The van der Waals surface area contributed by atoms with Gasteiger partial charge in [0.05, 0.1) is 11.6 Å². The summed E-state index contributed by atoms with van der Waals surface area (Å²) in [6.07, 6.45) is 1.58. The van der Waals surface area contributed by atoms with Crippen LogP contribution < -0.4 is 10.0 Å². The first-order valence-corrected chi connectivity index (χ1v) is 13.6. The van der Waals surface area contributed by atoms with E-state index < -0.39 is 27.3 Å². The number of anilines is 1. The SMILES string of the molecule is CNS(=O)(=O)N1CCC(CCC(=O)Nc2ccc(F)c(F)c2)(c2ccc(-c3cccc(C#N)c3)cc2)CC1. The molecule has 4 rings (SSSR count). The molecule has 0 aromatic heterocycles. The van der Waals surface area contributed by atoms with Crippen LogP contribution in [0.25, 0.3) is 11.1 Å². The van der Waals surface area contributed by atoms with Gasteiger partial charge >= 0.3 is 0 Å². The molecule has 0 saturated carbocycles. The molecule has 3 aromatic carbocycles. The molecule has 1 aliphatic rings. The van der Waals surface area contributed by atoms with Gasteiger partial charge in [-0.05, 0) is 65.6 Å². The van der Waals surface area contributed by atoms with E-state index in [9.17, 15) is 27.3 Å². The monoisotopic (exact) mass is 538 g/mol. The third-order valence-corrected chi connectivity index (χ3v) is 8.69. The Kier molecular flexibility index (Phi) is 8.21. The highest BCUT2D eigenvalue weighted by Crippen LogP contribution is 2.41. The third-order valence-electron chi connectivity index (χ3n) is 7.13. The van der Waals surface area contributed by atoms with Gasteiger partial charge in [0, 0.05) is 38.3 Å². The molecule has 1 saturated heterocycles. The summed E-state index contributed by atoms with van der Waals surface area (Å²) < 4.78 is 55.2. The number of nitrogens with zero attached hydrogens (tertiary/aromatic N) is 2. The van der Waals surface area contributed by atoms with E-state index in [4.69, 9.17) is 0 Å². The van der Waals surface area contributed by atoms with Crippen LogP contribution in [-0.4, -0.2) is 38.8 Å². The summed E-state index contributed by atoms with van der Waals surface area (Å²) in [4.78, 5) is 12.7. The molecular weight excluding hydrogens is 510 g/mol. The van der Waals surface area contributed by atoms with Crippen molar-refractivity contribution < 1.29 is 22.0 Å². The van der Waals surface area contributed by atoms with Gasteiger partial charge in [0.2, 0.25) is 5.91 Å². The first kappa shape index (κ1) is 27.4. The summed E-state index contributed by atoms with van der Waals surface area (Å²) in [5.74, 6) is -2.38. The zero-order valence-corrected chi connectivity index (χ0v) is 21.7. The summed E-state index contributed by atoms with van der Waals surface area (Å²) in [5.41, 5.74) is 3.10. The Morgan fingerprint density at radius 2 is 1.71 bits per heavy atom. The van der Waals surface area contributed by atoms with Crippen LogP contribution >= 0.6 is 0 Å². The van der Waals surface area contributed by atoms with Gasteiger partial charge in [-0.15, -0.1) is 0 Å². The molecule has 1 fully saturated rings. The Balaban J connectivity index is 1.55. The molecule has 2 N–H and O–H groups in total. The highest BCUT2D eigenvalue weighted by atomic mass is 32.2. The van der Waals surface area contributed by atoms with Crippen LogP contribution in [-0.2, 0) is 20.4 Å². The molecule has 1 aliphatic heterocycles. The van der Waals surface area contributed by atoms with Crippen molar-refractivity contribution >= 4 is 21.8 Å². The lowest BCUT2D eigenvalue weighted by molar-refractivity contribution is -0.116. The fraction of sp³-hybridized carbons (Fsp3) is 0.286. The van der Waals surface area contributed by atoms with Gasteiger partial charge in [-0.3, -0.25) is 4.79 Å². The number of hydrogen-bond acceptors (Lipinski definition) is 4. The molecule has 0 radical (unpaired) electrons. The first-order valence-electron chi connectivity index (χ1n) is 12.2. The molecule has 0 atom stereocenters. The van der Waals surface area contributed by atoms with Crippen LogP contribution in [0.4, 0.5) is 14.5 Å². The Morgan fingerprint density at radius 3 is 2.34 bits per heavy atom. The molecule has 0 spiro atoms. The van der Waals surface area contributed by atoms with Gasteiger partial charge in [-0.1, -0.05) is 36.4 Å². The summed E-state index contributed by atoms with van der Waals surface area (Å²) in [6, 6.07) is 20.5. The highest BCUT2D eigenvalue weighted by molar-refractivity contribution is 7.87. The Hall–Kier alpha value is -3.65. The highest BCUT2D eigenvalue weighted by Gasteiger charge is 2.39. The van der Waals surface area contributed by atoms with Gasteiger partial charge in [-0.2, -0.15) is 18.0 Å². The van der Waals surface area contributed by atoms with E-state index in [1.54, 1.807) is 6.07 Å². The van der Waals surface area contributed by atoms with Crippen LogP contribution in [0.15, 0.2) is 66.7 Å². The molecule has 10 heteroatoms. The minimum Gasteiger partial charge on any atom is -0.326 e. The van der Waals surface area contributed by atoms with Gasteiger partial charge in [-0.25, -0.2) is 13.5 Å². The van der Waals surface area contributed by atoms with Crippen LogP contribution in [0.3, 0.4) is 0 Å². The maximum atomic E-state index is 13.5. The maximum absolute atomic E-state index is 13.5. The van der Waals surface area contributed by atoms with Crippen molar-refractivity contribution in [3.63, 3.8) is 0 Å². The first-order chi connectivity index (χ1) is 18.2. The second-order valence-electron chi connectivity index (χ2n) is 9.34. The summed E-state index contributed by atoms with van der Waals surface area (Å²) in [7, 11) is -2.20. The van der Waals surface area contributed by atoms with E-state index in [-0.39, 0.29) is 18.0 Å². The molecule has 0 aliphatic carbocycles. The Labute approximate surface area is 221 Å². The number of nitrogens with one attached hydrogen (secondary N) is 2. The van der Waals surface area contributed by atoms with Gasteiger partial charge < -0.3 is 5.32 Å². The largest absolute Gasteiger partial charge is 0.326 e. The molecule has 7 nitrogen and oxygen atoms in total. The average molecular weight is 539 g/mol. The minimum atomic E-state index is -3.57.